The van der Waals surface area contributed by atoms with Crippen LogP contribution in [0.5, 0.6) is 5.75 Å². The molecule has 0 spiro atoms. The minimum atomic E-state index is -0.413. The maximum Gasteiger partial charge on any atom is 0.151 e. The second-order valence-corrected chi connectivity index (χ2v) is 4.21. The van der Waals surface area contributed by atoms with E-state index in [0.29, 0.717) is 36.5 Å². The molecule has 0 atom stereocenters. The van der Waals surface area contributed by atoms with Gasteiger partial charge in [0.2, 0.25) is 0 Å². The van der Waals surface area contributed by atoms with E-state index in [-0.39, 0.29) is 5.75 Å². The summed E-state index contributed by atoms with van der Waals surface area (Å²) in [5.41, 5.74) is 0.496. The molecule has 1 heterocycles. The van der Waals surface area contributed by atoms with Crippen LogP contribution in [0, 0.1) is 5.82 Å². The van der Waals surface area contributed by atoms with Gasteiger partial charge in [-0.1, -0.05) is 0 Å². The minimum Gasteiger partial charge on any atom is -0.508 e. The van der Waals surface area contributed by atoms with Crippen LogP contribution >= 0.6 is 15.9 Å². The van der Waals surface area contributed by atoms with Gasteiger partial charge in [-0.15, -0.1) is 0 Å². The lowest BCUT2D eigenvalue weighted by molar-refractivity contribution is 0.122. The highest BCUT2D eigenvalue weighted by Crippen LogP contribution is 2.33. The Morgan fingerprint density at radius 1 is 1.33 bits per heavy atom. The van der Waals surface area contributed by atoms with Crippen LogP contribution in [0.4, 0.5) is 10.1 Å². The molecule has 1 aromatic carbocycles. The monoisotopic (exact) mass is 275 g/mol. The van der Waals surface area contributed by atoms with Crippen molar-refractivity contribution in [1.82, 2.24) is 0 Å². The SMILES string of the molecule is Oc1cc(F)c(N2CCOCC2)c(Br)c1. The highest BCUT2D eigenvalue weighted by molar-refractivity contribution is 9.10. The Balaban J connectivity index is 2.33. The van der Waals surface area contributed by atoms with Crippen LogP contribution in [-0.2, 0) is 4.74 Å². The van der Waals surface area contributed by atoms with E-state index in [1.807, 2.05) is 4.90 Å². The number of phenolic OH excluding ortho intramolecular Hbond substituents is 1. The Bertz CT molecular complexity index is 343. The molecule has 0 unspecified atom stereocenters. The first-order valence-electron chi connectivity index (χ1n) is 4.69. The lowest BCUT2D eigenvalue weighted by atomic mass is 10.2. The van der Waals surface area contributed by atoms with E-state index in [1.54, 1.807) is 0 Å². The summed E-state index contributed by atoms with van der Waals surface area (Å²) in [6.45, 7) is 2.54. The first-order valence-corrected chi connectivity index (χ1v) is 5.48. The second kappa shape index (κ2) is 4.37. The molecular formula is C10H11BrFNO2. The van der Waals surface area contributed by atoms with Gasteiger partial charge in [0.1, 0.15) is 5.75 Å². The largest absolute Gasteiger partial charge is 0.508 e. The minimum absolute atomic E-state index is 0.0728. The van der Waals surface area contributed by atoms with E-state index in [1.165, 1.54) is 6.07 Å². The standard InChI is InChI=1S/C10H11BrFNO2/c11-8-5-7(14)6-9(12)10(8)13-1-3-15-4-2-13/h5-6,14H,1-4H2. The average molecular weight is 276 g/mol. The summed E-state index contributed by atoms with van der Waals surface area (Å²) in [6, 6.07) is 2.61. The van der Waals surface area contributed by atoms with Crippen LogP contribution in [-0.4, -0.2) is 31.4 Å². The average Bonchev–Trinajstić information content (AvgIpc) is 2.17. The van der Waals surface area contributed by atoms with Gasteiger partial charge in [0.15, 0.2) is 5.82 Å². The molecule has 0 amide bonds. The number of phenols is 1. The van der Waals surface area contributed by atoms with Gasteiger partial charge in [0.25, 0.3) is 0 Å². The Labute approximate surface area is 95.6 Å². The molecule has 82 valence electrons. The smallest absolute Gasteiger partial charge is 0.151 e. The number of benzene rings is 1. The number of nitrogens with zero attached hydrogens (tertiary/aromatic N) is 1. The van der Waals surface area contributed by atoms with Gasteiger partial charge in [-0.05, 0) is 22.0 Å². The van der Waals surface area contributed by atoms with E-state index in [9.17, 15) is 9.50 Å². The normalized spacial score (nSPS) is 16.8. The van der Waals surface area contributed by atoms with Gasteiger partial charge >= 0.3 is 0 Å². The molecule has 1 aliphatic rings. The van der Waals surface area contributed by atoms with Crippen molar-refractivity contribution in [2.45, 2.75) is 0 Å². The van der Waals surface area contributed by atoms with Crippen molar-refractivity contribution in [1.29, 1.82) is 0 Å². The summed E-state index contributed by atoms with van der Waals surface area (Å²) in [5, 5.41) is 9.20. The molecule has 2 rings (SSSR count). The quantitative estimate of drug-likeness (QED) is 0.853. The maximum absolute atomic E-state index is 13.6. The van der Waals surface area contributed by atoms with Gasteiger partial charge in [0, 0.05) is 23.6 Å². The van der Waals surface area contributed by atoms with Crippen molar-refractivity contribution in [3.05, 3.63) is 22.4 Å². The molecule has 1 saturated heterocycles. The van der Waals surface area contributed by atoms with Gasteiger partial charge in [0.05, 0.1) is 18.9 Å². The molecule has 0 radical (unpaired) electrons. The number of morpholine rings is 1. The summed E-state index contributed by atoms with van der Waals surface area (Å²) in [4.78, 5) is 1.91. The van der Waals surface area contributed by atoms with Crippen molar-refractivity contribution in [3.8, 4) is 5.75 Å². The molecule has 0 aromatic heterocycles. The summed E-state index contributed by atoms with van der Waals surface area (Å²) in [5.74, 6) is -0.486. The van der Waals surface area contributed by atoms with E-state index in [2.05, 4.69) is 15.9 Å². The van der Waals surface area contributed by atoms with Crippen molar-refractivity contribution < 1.29 is 14.2 Å². The highest BCUT2D eigenvalue weighted by atomic mass is 79.9. The number of hydrogen-bond acceptors (Lipinski definition) is 3. The van der Waals surface area contributed by atoms with Crippen LogP contribution in [0.3, 0.4) is 0 Å². The molecule has 1 fully saturated rings. The highest BCUT2D eigenvalue weighted by Gasteiger charge is 2.18. The number of ether oxygens (including phenoxy) is 1. The molecule has 0 aliphatic carbocycles. The fourth-order valence-electron chi connectivity index (χ4n) is 1.64. The third kappa shape index (κ3) is 2.23. The molecule has 1 aliphatic heterocycles. The Kier molecular flexibility index (Phi) is 3.11. The molecule has 15 heavy (non-hydrogen) atoms. The summed E-state index contributed by atoms with van der Waals surface area (Å²) in [7, 11) is 0. The molecule has 1 aromatic rings. The molecule has 5 heteroatoms. The number of hydrogen-bond donors (Lipinski definition) is 1. The van der Waals surface area contributed by atoms with Crippen molar-refractivity contribution in [2.75, 3.05) is 31.2 Å². The van der Waals surface area contributed by atoms with Crippen molar-refractivity contribution >= 4 is 21.6 Å². The lowest BCUT2D eigenvalue weighted by Gasteiger charge is -2.29. The van der Waals surface area contributed by atoms with Crippen molar-refractivity contribution in [2.24, 2.45) is 0 Å². The lowest BCUT2D eigenvalue weighted by Crippen LogP contribution is -2.37. The van der Waals surface area contributed by atoms with E-state index < -0.39 is 5.82 Å². The predicted molar refractivity (Wildman–Crippen MR) is 58.8 cm³/mol. The molecule has 3 nitrogen and oxygen atoms in total. The molecule has 1 N–H and O–H groups in total. The van der Waals surface area contributed by atoms with Crippen LogP contribution in [0.2, 0.25) is 0 Å². The van der Waals surface area contributed by atoms with Gasteiger partial charge in [-0.3, -0.25) is 0 Å². The molecular weight excluding hydrogens is 265 g/mol. The van der Waals surface area contributed by atoms with Gasteiger partial charge < -0.3 is 14.7 Å². The maximum atomic E-state index is 13.6. The summed E-state index contributed by atoms with van der Waals surface area (Å²) in [6.07, 6.45) is 0. The van der Waals surface area contributed by atoms with Gasteiger partial charge in [-0.25, -0.2) is 4.39 Å². The third-order valence-electron chi connectivity index (χ3n) is 2.33. The number of anilines is 1. The van der Waals surface area contributed by atoms with Crippen molar-refractivity contribution in [3.63, 3.8) is 0 Å². The van der Waals surface area contributed by atoms with Gasteiger partial charge in [-0.2, -0.15) is 0 Å². The Morgan fingerprint density at radius 3 is 2.60 bits per heavy atom. The third-order valence-corrected chi connectivity index (χ3v) is 2.93. The van der Waals surface area contributed by atoms with Crippen LogP contribution in [0.15, 0.2) is 16.6 Å². The van der Waals surface area contributed by atoms with Crippen LogP contribution in [0.25, 0.3) is 0 Å². The zero-order valence-corrected chi connectivity index (χ0v) is 9.63. The first kappa shape index (κ1) is 10.7. The second-order valence-electron chi connectivity index (χ2n) is 3.36. The zero-order chi connectivity index (χ0) is 10.8. The fourth-order valence-corrected chi connectivity index (χ4v) is 2.32. The number of halogens is 2. The number of rotatable bonds is 1. The Hall–Kier alpha value is -0.810. The van der Waals surface area contributed by atoms with Crippen LogP contribution in [0.1, 0.15) is 0 Å². The van der Waals surface area contributed by atoms with E-state index in [4.69, 9.17) is 4.74 Å². The molecule has 0 bridgehead atoms. The fraction of sp³-hybridized carbons (Fsp3) is 0.400. The summed E-state index contributed by atoms with van der Waals surface area (Å²) < 4.78 is 19.4. The summed E-state index contributed by atoms with van der Waals surface area (Å²) >= 11 is 3.25. The zero-order valence-electron chi connectivity index (χ0n) is 8.04. The van der Waals surface area contributed by atoms with E-state index in [0.717, 1.165) is 6.07 Å². The first-order chi connectivity index (χ1) is 7.18. The number of aromatic hydroxyl groups is 1. The Morgan fingerprint density at radius 2 is 2.00 bits per heavy atom. The topological polar surface area (TPSA) is 32.7 Å². The molecule has 0 saturated carbocycles. The van der Waals surface area contributed by atoms with Crippen LogP contribution < -0.4 is 4.90 Å². The van der Waals surface area contributed by atoms with E-state index >= 15 is 0 Å². The predicted octanol–water partition coefficient (Wildman–Crippen LogP) is 2.13.